The largest absolute Gasteiger partial charge is 0.479 e. The van der Waals surface area contributed by atoms with Crippen LogP contribution in [0, 0.1) is 5.41 Å². The van der Waals surface area contributed by atoms with Crippen molar-refractivity contribution in [3.8, 4) is 11.1 Å². The van der Waals surface area contributed by atoms with E-state index in [9.17, 15) is 19.5 Å². The zero-order valence-electron chi connectivity index (χ0n) is 19.5. The number of aliphatic carboxylic acids is 1. The van der Waals surface area contributed by atoms with Gasteiger partial charge in [-0.05, 0) is 40.5 Å². The first kappa shape index (κ1) is 25.2. The van der Waals surface area contributed by atoms with Crippen LogP contribution < -0.4 is 10.6 Å². The molecule has 34 heavy (non-hydrogen) atoms. The molecule has 2 aromatic rings. The topological polar surface area (TPSA) is 125 Å². The number of carbonyl (C=O) groups is 3. The number of rotatable bonds is 11. The fourth-order valence-electron chi connectivity index (χ4n) is 4.12. The third-order valence-electron chi connectivity index (χ3n) is 6.22. The molecule has 4 N–H and O–H groups in total. The van der Waals surface area contributed by atoms with E-state index in [4.69, 9.17) is 9.84 Å². The first-order valence-corrected chi connectivity index (χ1v) is 11.4. The summed E-state index contributed by atoms with van der Waals surface area (Å²) in [6.07, 6.45) is -0.697. The van der Waals surface area contributed by atoms with Gasteiger partial charge in [0.1, 0.15) is 6.61 Å². The Morgan fingerprint density at radius 1 is 0.971 bits per heavy atom. The molecule has 8 heteroatoms. The molecule has 1 atom stereocenters. The molecular weight excluding hydrogens is 436 g/mol. The monoisotopic (exact) mass is 468 g/mol. The number of aliphatic hydroxyl groups excluding tert-OH is 1. The molecule has 1 aliphatic rings. The lowest BCUT2D eigenvalue weighted by atomic mass is 9.84. The lowest BCUT2D eigenvalue weighted by Gasteiger charge is -2.24. The summed E-state index contributed by atoms with van der Waals surface area (Å²) in [5, 5.41) is 23.1. The number of aliphatic hydroxyl groups is 1. The second-order valence-electron chi connectivity index (χ2n) is 9.32. The van der Waals surface area contributed by atoms with Crippen LogP contribution in [-0.2, 0) is 14.3 Å². The Hall–Kier alpha value is -3.39. The van der Waals surface area contributed by atoms with Crippen LogP contribution in [0.3, 0.4) is 0 Å². The number of hydrogen-bond acceptors (Lipinski definition) is 5. The fraction of sp³-hybridized carbons (Fsp3) is 0.423. The Balaban J connectivity index is 1.40. The van der Waals surface area contributed by atoms with Gasteiger partial charge in [0.05, 0.1) is 6.54 Å². The second-order valence-corrected chi connectivity index (χ2v) is 9.32. The normalized spacial score (nSPS) is 13.5. The Morgan fingerprint density at radius 2 is 1.56 bits per heavy atom. The molecule has 1 aliphatic carbocycles. The molecule has 0 spiro atoms. The minimum Gasteiger partial charge on any atom is -0.479 e. The molecule has 8 nitrogen and oxygen atoms in total. The molecule has 0 bridgehead atoms. The number of amides is 2. The van der Waals surface area contributed by atoms with Crippen molar-refractivity contribution in [2.45, 2.75) is 45.1 Å². The highest BCUT2D eigenvalue weighted by atomic mass is 16.5. The number of carbonyl (C=O) groups excluding carboxylic acids is 2. The van der Waals surface area contributed by atoms with Gasteiger partial charge in [-0.2, -0.15) is 0 Å². The number of ether oxygens (including phenoxy) is 1. The van der Waals surface area contributed by atoms with Crippen LogP contribution in [0.25, 0.3) is 11.1 Å². The molecule has 3 rings (SSSR count). The van der Waals surface area contributed by atoms with Crippen molar-refractivity contribution in [1.82, 2.24) is 10.6 Å². The molecule has 0 fully saturated rings. The maximum atomic E-state index is 12.3. The predicted octanol–water partition coefficient (Wildman–Crippen LogP) is 3.28. The van der Waals surface area contributed by atoms with E-state index in [1.165, 1.54) is 11.1 Å². The number of nitrogens with one attached hydrogen (secondary N) is 2. The molecule has 2 amide bonds. The Kier molecular flexibility index (Phi) is 8.28. The summed E-state index contributed by atoms with van der Waals surface area (Å²) in [6, 6.07) is 16.3. The zero-order chi connectivity index (χ0) is 24.7. The molecular formula is C26H32N2O6. The van der Waals surface area contributed by atoms with E-state index < -0.39 is 18.2 Å². The van der Waals surface area contributed by atoms with Crippen LogP contribution in [-0.4, -0.2) is 54.0 Å². The van der Waals surface area contributed by atoms with Crippen LogP contribution in [0.2, 0.25) is 0 Å². The minimum absolute atomic E-state index is 0.00717. The summed E-state index contributed by atoms with van der Waals surface area (Å²) in [4.78, 5) is 34.8. The first-order valence-electron chi connectivity index (χ1n) is 11.4. The lowest BCUT2D eigenvalue weighted by Crippen LogP contribution is -2.37. The predicted molar refractivity (Wildman–Crippen MR) is 127 cm³/mol. The summed E-state index contributed by atoms with van der Waals surface area (Å²) in [5.41, 5.74) is 4.45. The molecule has 0 aliphatic heterocycles. The number of carboxylic acids is 1. The summed E-state index contributed by atoms with van der Waals surface area (Å²) in [5.74, 6) is -1.69. The van der Waals surface area contributed by atoms with E-state index in [1.54, 1.807) is 0 Å². The SMILES string of the molecule is CC(C)(CCNC(=O)OCC1c2ccccc2-c2ccccc21)CCC(=O)NC[C@H](O)C(=O)O. The number of fused-ring (bicyclic) bond motifs is 3. The molecule has 0 radical (unpaired) electrons. The third kappa shape index (κ3) is 6.57. The first-order chi connectivity index (χ1) is 16.2. The van der Waals surface area contributed by atoms with Crippen molar-refractivity contribution in [3.05, 3.63) is 59.7 Å². The number of alkyl carbamates (subject to hydrolysis) is 1. The fourth-order valence-corrected chi connectivity index (χ4v) is 4.12. The molecule has 0 unspecified atom stereocenters. The molecule has 0 saturated carbocycles. The highest BCUT2D eigenvalue weighted by Crippen LogP contribution is 2.44. The second kappa shape index (κ2) is 11.2. The van der Waals surface area contributed by atoms with Crippen LogP contribution in [0.1, 0.15) is 50.2 Å². The highest BCUT2D eigenvalue weighted by molar-refractivity contribution is 5.79. The van der Waals surface area contributed by atoms with Gasteiger partial charge in [-0.3, -0.25) is 4.79 Å². The van der Waals surface area contributed by atoms with Gasteiger partial charge in [0, 0.05) is 18.9 Å². The van der Waals surface area contributed by atoms with Crippen molar-refractivity contribution in [1.29, 1.82) is 0 Å². The highest BCUT2D eigenvalue weighted by Gasteiger charge is 2.29. The van der Waals surface area contributed by atoms with Crippen LogP contribution in [0.5, 0.6) is 0 Å². The molecule has 0 heterocycles. The minimum atomic E-state index is -1.61. The smallest absolute Gasteiger partial charge is 0.407 e. The van der Waals surface area contributed by atoms with Gasteiger partial charge in [-0.1, -0.05) is 62.4 Å². The van der Waals surface area contributed by atoms with Gasteiger partial charge < -0.3 is 25.6 Å². The van der Waals surface area contributed by atoms with Crippen molar-refractivity contribution >= 4 is 18.0 Å². The van der Waals surface area contributed by atoms with Crippen molar-refractivity contribution < 1.29 is 29.3 Å². The van der Waals surface area contributed by atoms with E-state index >= 15 is 0 Å². The maximum absolute atomic E-state index is 12.3. The van der Waals surface area contributed by atoms with Gasteiger partial charge in [0.2, 0.25) is 5.91 Å². The number of carboxylic acid groups (broad SMARTS) is 1. The molecule has 2 aromatic carbocycles. The summed E-state index contributed by atoms with van der Waals surface area (Å²) >= 11 is 0. The van der Waals surface area contributed by atoms with E-state index in [0.29, 0.717) is 19.4 Å². The van der Waals surface area contributed by atoms with Crippen LogP contribution in [0.4, 0.5) is 4.79 Å². The van der Waals surface area contributed by atoms with E-state index in [-0.39, 0.29) is 36.8 Å². The third-order valence-corrected chi connectivity index (χ3v) is 6.22. The van der Waals surface area contributed by atoms with E-state index in [2.05, 4.69) is 34.9 Å². The van der Waals surface area contributed by atoms with Crippen LogP contribution >= 0.6 is 0 Å². The summed E-state index contributed by atoms with van der Waals surface area (Å²) in [6.45, 7) is 4.32. The quantitative estimate of drug-likeness (QED) is 0.401. The Labute approximate surface area is 199 Å². The summed E-state index contributed by atoms with van der Waals surface area (Å²) < 4.78 is 5.54. The van der Waals surface area contributed by atoms with E-state index in [1.807, 2.05) is 38.1 Å². The van der Waals surface area contributed by atoms with Gasteiger partial charge in [-0.25, -0.2) is 9.59 Å². The number of benzene rings is 2. The standard InChI is InChI=1S/C26H32N2O6/c1-26(2,12-11-23(30)28-15-22(29)24(31)32)13-14-27-25(33)34-16-21-19-9-5-3-7-17(19)18-8-4-6-10-20(18)21/h3-10,21-22,29H,11-16H2,1-2H3,(H,27,33)(H,28,30)(H,31,32)/t22-/m0/s1. The van der Waals surface area contributed by atoms with Crippen LogP contribution in [0.15, 0.2) is 48.5 Å². The molecule has 182 valence electrons. The van der Waals surface area contributed by atoms with Gasteiger partial charge in [0.15, 0.2) is 6.10 Å². The average Bonchev–Trinajstić information content (AvgIpc) is 3.13. The molecule has 0 aromatic heterocycles. The van der Waals surface area contributed by atoms with Gasteiger partial charge in [0.25, 0.3) is 0 Å². The van der Waals surface area contributed by atoms with E-state index in [0.717, 1.165) is 11.1 Å². The lowest BCUT2D eigenvalue weighted by molar-refractivity contribution is -0.146. The maximum Gasteiger partial charge on any atom is 0.407 e. The average molecular weight is 469 g/mol. The zero-order valence-corrected chi connectivity index (χ0v) is 19.5. The van der Waals surface area contributed by atoms with Gasteiger partial charge >= 0.3 is 12.1 Å². The molecule has 0 saturated heterocycles. The Bertz CT molecular complexity index is 990. The van der Waals surface area contributed by atoms with Crippen molar-refractivity contribution in [2.24, 2.45) is 5.41 Å². The van der Waals surface area contributed by atoms with Crippen molar-refractivity contribution in [3.63, 3.8) is 0 Å². The van der Waals surface area contributed by atoms with Crippen molar-refractivity contribution in [2.75, 3.05) is 19.7 Å². The van der Waals surface area contributed by atoms with Gasteiger partial charge in [-0.15, -0.1) is 0 Å². The number of hydrogen-bond donors (Lipinski definition) is 4. The Morgan fingerprint density at radius 3 is 2.15 bits per heavy atom. The summed E-state index contributed by atoms with van der Waals surface area (Å²) in [7, 11) is 0.